The number of carbonyl (C=O) groups excluding carboxylic acids is 2. The van der Waals surface area contributed by atoms with Crippen molar-refractivity contribution in [2.24, 2.45) is 0 Å². The topological polar surface area (TPSA) is 131 Å². The first-order valence-electron chi connectivity index (χ1n) is 8.81. The van der Waals surface area contributed by atoms with Gasteiger partial charge in [-0.3, -0.25) is 20.1 Å². The Morgan fingerprint density at radius 3 is 2.47 bits per heavy atom. The molecule has 1 heterocycles. The Bertz CT molecular complexity index is 1090. The van der Waals surface area contributed by atoms with Crippen LogP contribution >= 0.6 is 0 Å². The van der Waals surface area contributed by atoms with E-state index in [0.717, 1.165) is 0 Å². The number of hydrogen-bond acceptors (Lipinski definition) is 6. The predicted molar refractivity (Wildman–Crippen MR) is 112 cm³/mol. The fourth-order valence-electron chi connectivity index (χ4n) is 2.55. The van der Waals surface area contributed by atoms with Crippen LogP contribution < -0.4 is 15.4 Å². The summed E-state index contributed by atoms with van der Waals surface area (Å²) in [5.41, 5.74) is 1.68. The summed E-state index contributed by atoms with van der Waals surface area (Å²) < 4.78 is 5.43. The summed E-state index contributed by atoms with van der Waals surface area (Å²) in [5.74, 6) is -1.61. The van der Waals surface area contributed by atoms with Gasteiger partial charge < -0.3 is 15.2 Å². The second-order valence-corrected chi connectivity index (χ2v) is 6.03. The number of hydrogen-bond donors (Lipinski definition) is 3. The standard InChI is InChI=1S/C20H18N4O5.Na.H/c1-2-9-29-17-11-13(4-5-14(17)19(26)27)23-20(28)24-18(25)12-3-6-15-16(10-12)22-8-7-21-15;;/h3-8,10-11H,2,9H2,1H3,(H,26,27)(H2,23,24,25,28);;. The number of nitrogens with one attached hydrogen (secondary N) is 2. The molecule has 1 aromatic heterocycles. The number of fused-ring (bicyclic) bond motifs is 1. The van der Waals surface area contributed by atoms with Crippen molar-refractivity contribution < 1.29 is 24.2 Å². The zero-order valence-corrected chi connectivity index (χ0v) is 15.5. The SMILES string of the molecule is CCCOc1cc(NC(=O)NC(=O)c2ccc3nccnc3c2)ccc1C(=O)O.[NaH]. The Morgan fingerprint density at radius 1 is 1.03 bits per heavy atom. The quantitative estimate of drug-likeness (QED) is 0.524. The van der Waals surface area contributed by atoms with E-state index in [1.165, 1.54) is 36.5 Å². The van der Waals surface area contributed by atoms with Gasteiger partial charge in [-0.15, -0.1) is 0 Å². The van der Waals surface area contributed by atoms with Crippen molar-refractivity contribution in [2.75, 3.05) is 11.9 Å². The molecule has 0 aliphatic carbocycles. The molecule has 150 valence electrons. The van der Waals surface area contributed by atoms with Gasteiger partial charge in [0.2, 0.25) is 0 Å². The number of rotatable bonds is 6. The van der Waals surface area contributed by atoms with E-state index in [1.807, 2.05) is 6.92 Å². The molecule has 2 aromatic carbocycles. The number of aromatic nitrogens is 2. The predicted octanol–water partition coefficient (Wildman–Crippen LogP) is 2.43. The average molecular weight is 418 g/mol. The van der Waals surface area contributed by atoms with Gasteiger partial charge in [-0.05, 0) is 36.8 Å². The molecule has 0 fully saturated rings. The van der Waals surface area contributed by atoms with Gasteiger partial charge in [0.25, 0.3) is 5.91 Å². The molecule has 0 aliphatic rings. The Morgan fingerprint density at radius 2 is 1.77 bits per heavy atom. The van der Waals surface area contributed by atoms with Crippen LogP contribution in [0.25, 0.3) is 11.0 Å². The van der Waals surface area contributed by atoms with E-state index in [-0.39, 0.29) is 52.1 Å². The molecule has 0 bridgehead atoms. The fraction of sp³-hybridized carbons (Fsp3) is 0.150. The molecule has 30 heavy (non-hydrogen) atoms. The van der Waals surface area contributed by atoms with Crippen LogP contribution in [0.4, 0.5) is 10.5 Å². The number of nitrogens with zero attached hydrogens (tertiary/aromatic N) is 2. The first kappa shape index (κ1) is 23.3. The molecule has 0 unspecified atom stereocenters. The third-order valence-electron chi connectivity index (χ3n) is 3.89. The van der Waals surface area contributed by atoms with Crippen LogP contribution in [0.1, 0.15) is 34.1 Å². The van der Waals surface area contributed by atoms with E-state index in [4.69, 9.17) is 4.74 Å². The van der Waals surface area contributed by atoms with Crippen molar-refractivity contribution in [3.63, 3.8) is 0 Å². The molecular weight excluding hydrogens is 399 g/mol. The van der Waals surface area contributed by atoms with E-state index < -0.39 is 17.9 Å². The van der Waals surface area contributed by atoms with E-state index in [2.05, 4.69) is 20.6 Å². The molecule has 0 atom stereocenters. The van der Waals surface area contributed by atoms with Crippen molar-refractivity contribution in [1.82, 2.24) is 15.3 Å². The molecule has 3 aromatic rings. The number of ether oxygens (including phenoxy) is 1. The molecule has 3 amide bonds. The summed E-state index contributed by atoms with van der Waals surface area (Å²) in [5, 5.41) is 13.9. The Labute approximate surface area is 194 Å². The van der Waals surface area contributed by atoms with Crippen molar-refractivity contribution in [3.8, 4) is 5.75 Å². The maximum absolute atomic E-state index is 12.3. The van der Waals surface area contributed by atoms with Gasteiger partial charge in [-0.1, -0.05) is 6.92 Å². The van der Waals surface area contributed by atoms with Crippen molar-refractivity contribution in [1.29, 1.82) is 0 Å². The third-order valence-corrected chi connectivity index (χ3v) is 3.89. The van der Waals surface area contributed by atoms with Gasteiger partial charge in [0.1, 0.15) is 11.3 Å². The first-order chi connectivity index (χ1) is 14.0. The number of benzene rings is 2. The summed E-state index contributed by atoms with van der Waals surface area (Å²) in [7, 11) is 0. The summed E-state index contributed by atoms with van der Waals surface area (Å²) >= 11 is 0. The van der Waals surface area contributed by atoms with Crippen LogP contribution in [0.3, 0.4) is 0 Å². The monoisotopic (exact) mass is 418 g/mol. The molecule has 0 saturated heterocycles. The second kappa shape index (κ2) is 10.7. The Kier molecular flexibility index (Phi) is 8.28. The van der Waals surface area contributed by atoms with Crippen molar-refractivity contribution >= 4 is 64.2 Å². The Hall–Kier alpha value is -3.01. The number of imide groups is 1. The van der Waals surface area contributed by atoms with Gasteiger partial charge in [-0.2, -0.15) is 0 Å². The molecule has 10 heteroatoms. The van der Waals surface area contributed by atoms with Crippen LogP contribution in [0, 0.1) is 0 Å². The zero-order chi connectivity index (χ0) is 20.8. The number of anilines is 1. The van der Waals surface area contributed by atoms with Gasteiger partial charge in [0.15, 0.2) is 0 Å². The summed E-state index contributed by atoms with van der Waals surface area (Å²) in [6.07, 6.45) is 3.75. The summed E-state index contributed by atoms with van der Waals surface area (Å²) in [6, 6.07) is 8.08. The van der Waals surface area contributed by atoms with Gasteiger partial charge in [-0.25, -0.2) is 9.59 Å². The number of aromatic carboxylic acids is 1. The van der Waals surface area contributed by atoms with Crippen LogP contribution in [-0.2, 0) is 0 Å². The molecule has 3 rings (SSSR count). The summed E-state index contributed by atoms with van der Waals surface area (Å²) in [6.45, 7) is 2.22. The molecule has 3 N–H and O–H groups in total. The number of carbonyl (C=O) groups is 3. The van der Waals surface area contributed by atoms with E-state index in [0.29, 0.717) is 24.1 Å². The third kappa shape index (κ3) is 5.76. The van der Waals surface area contributed by atoms with Crippen LogP contribution in [0.15, 0.2) is 48.8 Å². The molecule has 0 aliphatic heterocycles. The number of carboxylic acid groups (broad SMARTS) is 1. The molecular formula is C20H19N4NaO5. The number of urea groups is 1. The fourth-order valence-corrected chi connectivity index (χ4v) is 2.55. The summed E-state index contributed by atoms with van der Waals surface area (Å²) in [4.78, 5) is 44.0. The molecule has 0 saturated carbocycles. The van der Waals surface area contributed by atoms with Gasteiger partial charge in [0.05, 0.1) is 17.6 Å². The normalized spacial score (nSPS) is 10.0. The van der Waals surface area contributed by atoms with E-state index in [1.54, 1.807) is 12.3 Å². The Balaban J connectivity index is 0.00000320. The maximum atomic E-state index is 12.3. The second-order valence-electron chi connectivity index (χ2n) is 6.03. The molecule has 0 spiro atoms. The average Bonchev–Trinajstić information content (AvgIpc) is 2.71. The van der Waals surface area contributed by atoms with E-state index >= 15 is 0 Å². The van der Waals surface area contributed by atoms with Gasteiger partial charge in [0, 0.05) is 29.7 Å². The van der Waals surface area contributed by atoms with Gasteiger partial charge >= 0.3 is 41.6 Å². The first-order valence-corrected chi connectivity index (χ1v) is 8.81. The number of carboxylic acids is 1. The van der Waals surface area contributed by atoms with Crippen LogP contribution in [0.2, 0.25) is 0 Å². The minimum absolute atomic E-state index is 0. The minimum atomic E-state index is -1.14. The zero-order valence-electron chi connectivity index (χ0n) is 15.5. The van der Waals surface area contributed by atoms with Crippen molar-refractivity contribution in [3.05, 3.63) is 59.9 Å². The molecule has 9 nitrogen and oxygen atoms in total. The van der Waals surface area contributed by atoms with Crippen molar-refractivity contribution in [2.45, 2.75) is 13.3 Å². The van der Waals surface area contributed by atoms with E-state index in [9.17, 15) is 19.5 Å². The number of amides is 3. The van der Waals surface area contributed by atoms with Crippen LogP contribution in [0.5, 0.6) is 5.75 Å². The molecule has 0 radical (unpaired) electrons. The van der Waals surface area contributed by atoms with Crippen LogP contribution in [-0.4, -0.2) is 69.1 Å².